The van der Waals surface area contributed by atoms with Gasteiger partial charge in [-0.2, -0.15) is 0 Å². The highest BCUT2D eigenvalue weighted by atomic mass is 16.5. The number of para-hydroxylation sites is 3. The summed E-state index contributed by atoms with van der Waals surface area (Å²) in [5.41, 5.74) is 5.57. The van der Waals surface area contributed by atoms with Crippen LogP contribution in [0, 0.1) is 13.8 Å². The number of aryl methyl sites for hydroxylation is 4. The van der Waals surface area contributed by atoms with Gasteiger partial charge in [-0.3, -0.25) is 4.79 Å². The number of benzene rings is 3. The summed E-state index contributed by atoms with van der Waals surface area (Å²) in [5.74, 6) is 2.77. The number of nitrogens with one attached hydrogen (secondary N) is 1. The topological polar surface area (TPSA) is 65.4 Å². The fourth-order valence-electron chi connectivity index (χ4n) is 4.96. The second kappa shape index (κ2) is 15.7. The number of ether oxygens (including phenoxy) is 2. The molecule has 0 saturated heterocycles. The lowest BCUT2D eigenvalue weighted by atomic mass is 10.1. The molecule has 0 radical (unpaired) electrons. The molecule has 4 aromatic rings. The van der Waals surface area contributed by atoms with Gasteiger partial charge in [0.05, 0.1) is 17.6 Å². The number of hydrogen-bond acceptors (Lipinski definition) is 4. The Morgan fingerprint density at radius 1 is 0.927 bits per heavy atom. The van der Waals surface area contributed by atoms with Crippen molar-refractivity contribution in [3.63, 3.8) is 0 Å². The van der Waals surface area contributed by atoms with Crippen molar-refractivity contribution in [2.45, 2.75) is 65.3 Å². The first-order valence-corrected chi connectivity index (χ1v) is 14.8. The van der Waals surface area contributed by atoms with Crippen molar-refractivity contribution in [3.8, 4) is 11.5 Å². The predicted molar refractivity (Wildman–Crippen MR) is 167 cm³/mol. The molecule has 0 unspecified atom stereocenters. The molecule has 0 aliphatic rings. The third kappa shape index (κ3) is 8.97. The highest BCUT2D eigenvalue weighted by Gasteiger charge is 2.11. The van der Waals surface area contributed by atoms with Gasteiger partial charge in [-0.05, 0) is 86.9 Å². The highest BCUT2D eigenvalue weighted by molar-refractivity contribution is 5.77. The normalized spacial score (nSPS) is 11.0. The molecule has 6 nitrogen and oxygen atoms in total. The van der Waals surface area contributed by atoms with E-state index in [0.29, 0.717) is 13.2 Å². The molecule has 0 saturated carbocycles. The van der Waals surface area contributed by atoms with Gasteiger partial charge in [0, 0.05) is 19.5 Å². The maximum absolute atomic E-state index is 12.2. The molecule has 4 rings (SSSR count). The Kier molecular flexibility index (Phi) is 11.4. The van der Waals surface area contributed by atoms with Crippen LogP contribution in [0.1, 0.15) is 54.6 Å². The number of amides is 1. The lowest BCUT2D eigenvalue weighted by molar-refractivity contribution is -0.123. The van der Waals surface area contributed by atoms with Crippen molar-refractivity contribution in [1.29, 1.82) is 0 Å². The van der Waals surface area contributed by atoms with E-state index in [1.165, 1.54) is 11.1 Å². The molecule has 1 N–H and O–H groups in total. The van der Waals surface area contributed by atoms with Gasteiger partial charge in [0.1, 0.15) is 17.3 Å². The number of aromatic nitrogens is 2. The second-order valence-corrected chi connectivity index (χ2v) is 10.5. The van der Waals surface area contributed by atoms with Crippen molar-refractivity contribution < 1.29 is 14.3 Å². The minimum Gasteiger partial charge on any atom is -0.493 e. The number of fused-ring (bicyclic) bond motifs is 1. The van der Waals surface area contributed by atoms with Crippen LogP contribution in [-0.4, -0.2) is 35.2 Å². The maximum Gasteiger partial charge on any atom is 0.257 e. The van der Waals surface area contributed by atoms with Crippen LogP contribution in [-0.2, 0) is 24.2 Å². The van der Waals surface area contributed by atoms with Crippen LogP contribution in [0.25, 0.3) is 11.0 Å². The van der Waals surface area contributed by atoms with Gasteiger partial charge in [0.15, 0.2) is 6.61 Å². The van der Waals surface area contributed by atoms with E-state index in [4.69, 9.17) is 14.5 Å². The average molecular weight is 554 g/mol. The summed E-state index contributed by atoms with van der Waals surface area (Å²) in [5, 5.41) is 2.98. The number of rotatable bonds is 17. The minimum absolute atomic E-state index is 0.0424. The van der Waals surface area contributed by atoms with Crippen molar-refractivity contribution >= 4 is 16.9 Å². The minimum atomic E-state index is -0.0825. The van der Waals surface area contributed by atoms with E-state index < -0.39 is 0 Å². The van der Waals surface area contributed by atoms with Crippen molar-refractivity contribution in [1.82, 2.24) is 14.9 Å². The monoisotopic (exact) mass is 553 g/mol. The van der Waals surface area contributed by atoms with Crippen LogP contribution in [0.3, 0.4) is 0 Å². The Hall–Kier alpha value is -4.06. The maximum atomic E-state index is 12.2. The van der Waals surface area contributed by atoms with Crippen LogP contribution in [0.4, 0.5) is 0 Å². The SMILES string of the molecule is C=CCc1ccccc1OCCCCn1c(CCCCCNC(=O)COc2cc(C)ccc2C)nc2ccccc21. The Balaban J connectivity index is 1.18. The number of unbranched alkanes of at least 4 members (excludes halogenated alkanes) is 3. The molecule has 0 bridgehead atoms. The van der Waals surface area contributed by atoms with Crippen LogP contribution in [0.2, 0.25) is 0 Å². The highest BCUT2D eigenvalue weighted by Crippen LogP contribution is 2.21. The summed E-state index contributed by atoms with van der Waals surface area (Å²) in [6.45, 7) is 10.2. The van der Waals surface area contributed by atoms with E-state index in [1.54, 1.807) is 0 Å². The number of imidazole rings is 1. The predicted octanol–water partition coefficient (Wildman–Crippen LogP) is 7.15. The molecule has 0 aliphatic heterocycles. The first-order valence-electron chi connectivity index (χ1n) is 14.8. The standard InChI is InChI=1S/C35H43N3O3/c1-4-14-29-15-7-10-18-32(29)40-24-13-12-23-38-31-17-9-8-16-30(31)37-34(38)19-6-5-11-22-36-35(39)26-41-33-25-27(2)20-21-28(33)3/h4,7-10,15-18,20-21,25H,1,5-6,11-14,19,22-24,26H2,2-3H3,(H,36,39). The molecule has 6 heteroatoms. The zero-order valence-corrected chi connectivity index (χ0v) is 24.5. The first kappa shape index (κ1) is 29.9. The van der Waals surface area contributed by atoms with Gasteiger partial charge in [0.25, 0.3) is 5.91 Å². The molecule has 216 valence electrons. The molecular formula is C35H43N3O3. The van der Waals surface area contributed by atoms with Gasteiger partial charge in [0.2, 0.25) is 0 Å². The molecule has 0 fully saturated rings. The van der Waals surface area contributed by atoms with Gasteiger partial charge < -0.3 is 19.4 Å². The third-order valence-corrected chi connectivity index (χ3v) is 7.21. The number of nitrogens with zero attached hydrogens (tertiary/aromatic N) is 2. The molecule has 0 aliphatic carbocycles. The number of allylic oxidation sites excluding steroid dienone is 1. The Bertz CT molecular complexity index is 1430. The van der Waals surface area contributed by atoms with Gasteiger partial charge in [-0.15, -0.1) is 6.58 Å². The summed E-state index contributed by atoms with van der Waals surface area (Å²) >= 11 is 0. The lowest BCUT2D eigenvalue weighted by Crippen LogP contribution is -2.29. The zero-order valence-electron chi connectivity index (χ0n) is 24.5. The fraction of sp³-hybridized carbons (Fsp3) is 0.371. The van der Waals surface area contributed by atoms with E-state index in [-0.39, 0.29) is 12.5 Å². The van der Waals surface area contributed by atoms with E-state index in [1.807, 2.05) is 62.4 Å². The number of carbonyl (C=O) groups is 1. The Labute approximate surface area is 244 Å². The summed E-state index contributed by atoms with van der Waals surface area (Å²) in [4.78, 5) is 17.2. The lowest BCUT2D eigenvalue weighted by Gasteiger charge is -2.12. The average Bonchev–Trinajstić information content (AvgIpc) is 3.33. The molecule has 3 aromatic carbocycles. The number of carbonyl (C=O) groups excluding carboxylic acids is 1. The third-order valence-electron chi connectivity index (χ3n) is 7.21. The van der Waals surface area contributed by atoms with Crippen LogP contribution in [0.5, 0.6) is 11.5 Å². The summed E-state index contributed by atoms with van der Waals surface area (Å²) in [7, 11) is 0. The smallest absolute Gasteiger partial charge is 0.257 e. The molecule has 41 heavy (non-hydrogen) atoms. The van der Waals surface area contributed by atoms with Crippen molar-refractivity contribution in [3.05, 3.63) is 102 Å². The molecule has 1 amide bonds. The van der Waals surface area contributed by atoms with Crippen molar-refractivity contribution in [2.75, 3.05) is 19.8 Å². The van der Waals surface area contributed by atoms with Gasteiger partial charge >= 0.3 is 0 Å². The van der Waals surface area contributed by atoms with Crippen LogP contribution >= 0.6 is 0 Å². The van der Waals surface area contributed by atoms with Crippen LogP contribution < -0.4 is 14.8 Å². The Morgan fingerprint density at radius 2 is 1.76 bits per heavy atom. The van der Waals surface area contributed by atoms with E-state index in [9.17, 15) is 4.79 Å². The van der Waals surface area contributed by atoms with E-state index >= 15 is 0 Å². The molecular weight excluding hydrogens is 510 g/mol. The first-order chi connectivity index (χ1) is 20.0. The summed E-state index contributed by atoms with van der Waals surface area (Å²) in [6.07, 6.45) is 8.63. The van der Waals surface area contributed by atoms with Crippen molar-refractivity contribution in [2.24, 2.45) is 0 Å². The summed E-state index contributed by atoms with van der Waals surface area (Å²) in [6, 6.07) is 22.6. The number of hydrogen-bond donors (Lipinski definition) is 1. The fourth-order valence-corrected chi connectivity index (χ4v) is 4.96. The van der Waals surface area contributed by atoms with Gasteiger partial charge in [-0.1, -0.05) is 55.0 Å². The quantitative estimate of drug-likeness (QED) is 0.111. The molecule has 1 heterocycles. The molecule has 0 spiro atoms. The largest absolute Gasteiger partial charge is 0.493 e. The van der Waals surface area contributed by atoms with E-state index in [0.717, 1.165) is 85.5 Å². The molecule has 0 atom stereocenters. The Morgan fingerprint density at radius 3 is 2.63 bits per heavy atom. The summed E-state index contributed by atoms with van der Waals surface area (Å²) < 4.78 is 14.2. The van der Waals surface area contributed by atoms with Crippen LogP contribution in [0.15, 0.2) is 79.4 Å². The second-order valence-electron chi connectivity index (χ2n) is 10.5. The molecule has 1 aromatic heterocycles. The van der Waals surface area contributed by atoms with Gasteiger partial charge in [-0.25, -0.2) is 4.98 Å². The van der Waals surface area contributed by atoms with E-state index in [2.05, 4.69) is 40.7 Å². The zero-order chi connectivity index (χ0) is 28.9.